The number of benzene rings is 1. The third kappa shape index (κ3) is 2.15. The van der Waals surface area contributed by atoms with E-state index in [-0.39, 0.29) is 11.3 Å². The molecule has 3 N–H and O–H groups in total. The predicted octanol–water partition coefficient (Wildman–Crippen LogP) is -0.450. The van der Waals surface area contributed by atoms with Crippen LogP contribution in [0.25, 0.3) is 0 Å². The Morgan fingerprint density at radius 1 is 1.32 bits per heavy atom. The summed E-state index contributed by atoms with van der Waals surface area (Å²) in [6.45, 7) is -0.665. The van der Waals surface area contributed by atoms with E-state index in [1.807, 2.05) is 0 Å². The van der Waals surface area contributed by atoms with Crippen molar-refractivity contribution in [2.24, 2.45) is 5.73 Å². The second-order valence-electron chi connectivity index (χ2n) is 3.77. The number of carbonyl (C=O) groups is 4. The molecule has 1 aliphatic rings. The van der Waals surface area contributed by atoms with Crippen LogP contribution in [0.15, 0.2) is 18.2 Å². The molecular formula is C11H8FN3O4. The van der Waals surface area contributed by atoms with Crippen LogP contribution in [0.1, 0.15) is 10.4 Å². The number of para-hydroxylation sites is 1. The van der Waals surface area contributed by atoms with Crippen molar-refractivity contribution in [3.05, 3.63) is 29.6 Å². The molecule has 4 amide bonds. The Labute approximate surface area is 106 Å². The van der Waals surface area contributed by atoms with Gasteiger partial charge in [0, 0.05) is 0 Å². The SMILES string of the molecule is NC(=O)NC(=O)CN1C(=O)C(=O)c2cccc(F)c21. The maximum absolute atomic E-state index is 13.6. The van der Waals surface area contributed by atoms with Crippen LogP contribution in [0.4, 0.5) is 14.9 Å². The summed E-state index contributed by atoms with van der Waals surface area (Å²) >= 11 is 0. The van der Waals surface area contributed by atoms with E-state index in [0.29, 0.717) is 4.90 Å². The van der Waals surface area contributed by atoms with Crippen LogP contribution in [0.3, 0.4) is 0 Å². The summed E-state index contributed by atoms with van der Waals surface area (Å²) in [5.74, 6) is -3.64. The van der Waals surface area contributed by atoms with Gasteiger partial charge in [-0.15, -0.1) is 0 Å². The van der Waals surface area contributed by atoms with Crippen LogP contribution < -0.4 is 16.0 Å². The Balaban J connectivity index is 2.33. The third-order valence-corrected chi connectivity index (χ3v) is 2.51. The van der Waals surface area contributed by atoms with Gasteiger partial charge in [-0.25, -0.2) is 9.18 Å². The molecule has 1 aliphatic heterocycles. The summed E-state index contributed by atoms with van der Waals surface area (Å²) in [6, 6.07) is 2.53. The highest BCUT2D eigenvalue weighted by Gasteiger charge is 2.38. The van der Waals surface area contributed by atoms with Crippen molar-refractivity contribution in [2.75, 3.05) is 11.4 Å². The van der Waals surface area contributed by atoms with Crippen molar-refractivity contribution < 1.29 is 23.6 Å². The van der Waals surface area contributed by atoms with E-state index in [4.69, 9.17) is 5.73 Å². The average molecular weight is 265 g/mol. The first-order valence-corrected chi connectivity index (χ1v) is 5.16. The highest BCUT2D eigenvalue weighted by Crippen LogP contribution is 2.31. The molecule has 0 bridgehead atoms. The second-order valence-corrected chi connectivity index (χ2v) is 3.77. The molecule has 7 nitrogen and oxygen atoms in total. The minimum atomic E-state index is -1.10. The highest BCUT2D eigenvalue weighted by molar-refractivity contribution is 6.52. The number of fused-ring (bicyclic) bond motifs is 1. The molecular weight excluding hydrogens is 257 g/mol. The number of Topliss-reactive ketones (excluding diaryl/α,β-unsaturated/α-hetero) is 1. The number of ketones is 1. The molecule has 2 rings (SSSR count). The van der Waals surface area contributed by atoms with Gasteiger partial charge in [-0.3, -0.25) is 24.6 Å². The lowest BCUT2D eigenvalue weighted by molar-refractivity contribution is -0.121. The van der Waals surface area contributed by atoms with Crippen molar-refractivity contribution in [1.82, 2.24) is 5.32 Å². The largest absolute Gasteiger partial charge is 0.351 e. The van der Waals surface area contributed by atoms with Crippen molar-refractivity contribution in [3.63, 3.8) is 0 Å². The van der Waals surface area contributed by atoms with Crippen LogP contribution in [-0.2, 0) is 9.59 Å². The number of urea groups is 1. The fourth-order valence-electron chi connectivity index (χ4n) is 1.78. The fourth-order valence-corrected chi connectivity index (χ4v) is 1.78. The number of imide groups is 1. The number of halogens is 1. The van der Waals surface area contributed by atoms with Gasteiger partial charge in [-0.2, -0.15) is 0 Å². The summed E-state index contributed by atoms with van der Waals surface area (Å²) in [5.41, 5.74) is 4.36. The van der Waals surface area contributed by atoms with E-state index in [1.54, 1.807) is 5.32 Å². The quantitative estimate of drug-likeness (QED) is 0.705. The first-order chi connectivity index (χ1) is 8.91. The van der Waals surface area contributed by atoms with Gasteiger partial charge in [0.25, 0.3) is 11.7 Å². The van der Waals surface area contributed by atoms with Gasteiger partial charge in [-0.1, -0.05) is 6.07 Å². The van der Waals surface area contributed by atoms with Crippen LogP contribution in [-0.4, -0.2) is 30.2 Å². The zero-order chi connectivity index (χ0) is 14.2. The molecule has 1 heterocycles. The molecule has 8 heteroatoms. The Morgan fingerprint density at radius 2 is 2.00 bits per heavy atom. The van der Waals surface area contributed by atoms with E-state index in [9.17, 15) is 23.6 Å². The minimum Gasteiger partial charge on any atom is -0.351 e. The van der Waals surface area contributed by atoms with Crippen molar-refractivity contribution in [2.45, 2.75) is 0 Å². The van der Waals surface area contributed by atoms with Crippen molar-refractivity contribution in [3.8, 4) is 0 Å². The number of anilines is 1. The average Bonchev–Trinajstić information content (AvgIpc) is 2.55. The van der Waals surface area contributed by atoms with Gasteiger partial charge in [0.05, 0.1) is 11.3 Å². The Morgan fingerprint density at radius 3 is 2.63 bits per heavy atom. The number of hydrogen-bond donors (Lipinski definition) is 2. The topological polar surface area (TPSA) is 110 Å². The molecule has 0 unspecified atom stereocenters. The Hall–Kier alpha value is -2.77. The number of primary amides is 1. The maximum atomic E-state index is 13.6. The monoisotopic (exact) mass is 265 g/mol. The lowest BCUT2D eigenvalue weighted by atomic mass is 10.1. The molecule has 0 spiro atoms. The summed E-state index contributed by atoms with van der Waals surface area (Å²) in [5, 5.41) is 1.73. The van der Waals surface area contributed by atoms with Crippen LogP contribution in [0.2, 0.25) is 0 Å². The molecule has 98 valence electrons. The van der Waals surface area contributed by atoms with Crippen LogP contribution in [0, 0.1) is 5.82 Å². The van der Waals surface area contributed by atoms with Crippen molar-refractivity contribution in [1.29, 1.82) is 0 Å². The van der Waals surface area contributed by atoms with Gasteiger partial charge < -0.3 is 5.73 Å². The smallest absolute Gasteiger partial charge is 0.318 e. The number of amides is 4. The van der Waals surface area contributed by atoms with Crippen LogP contribution >= 0.6 is 0 Å². The molecule has 0 fully saturated rings. The summed E-state index contributed by atoms with van der Waals surface area (Å²) in [7, 11) is 0. The fraction of sp³-hybridized carbons (Fsp3) is 0.0909. The third-order valence-electron chi connectivity index (χ3n) is 2.51. The first-order valence-electron chi connectivity index (χ1n) is 5.16. The zero-order valence-corrected chi connectivity index (χ0v) is 9.47. The molecule has 0 radical (unpaired) electrons. The number of rotatable bonds is 2. The summed E-state index contributed by atoms with van der Waals surface area (Å²) in [4.78, 5) is 45.7. The lowest BCUT2D eigenvalue weighted by Crippen LogP contribution is -2.44. The number of carbonyl (C=O) groups excluding carboxylic acids is 4. The molecule has 0 saturated heterocycles. The van der Waals surface area contributed by atoms with E-state index in [2.05, 4.69) is 0 Å². The molecule has 0 aliphatic carbocycles. The maximum Gasteiger partial charge on any atom is 0.318 e. The zero-order valence-electron chi connectivity index (χ0n) is 9.47. The second kappa shape index (κ2) is 4.48. The van der Waals surface area contributed by atoms with Crippen LogP contribution in [0.5, 0.6) is 0 Å². The summed E-state index contributed by atoms with van der Waals surface area (Å²) in [6.07, 6.45) is 0. The van der Waals surface area contributed by atoms with E-state index < -0.39 is 36.0 Å². The van der Waals surface area contributed by atoms with Gasteiger partial charge in [0.2, 0.25) is 5.91 Å². The highest BCUT2D eigenvalue weighted by atomic mass is 19.1. The van der Waals surface area contributed by atoms with E-state index in [1.165, 1.54) is 12.1 Å². The number of nitrogens with one attached hydrogen (secondary N) is 1. The molecule has 0 atom stereocenters. The van der Waals surface area contributed by atoms with Gasteiger partial charge in [-0.05, 0) is 12.1 Å². The molecule has 1 aromatic carbocycles. The predicted molar refractivity (Wildman–Crippen MR) is 60.8 cm³/mol. The lowest BCUT2D eigenvalue weighted by Gasteiger charge is -2.15. The number of nitrogens with zero attached hydrogens (tertiary/aromatic N) is 1. The van der Waals surface area contributed by atoms with Gasteiger partial charge in [0.1, 0.15) is 12.4 Å². The van der Waals surface area contributed by atoms with E-state index >= 15 is 0 Å². The number of hydrogen-bond acceptors (Lipinski definition) is 4. The van der Waals surface area contributed by atoms with E-state index in [0.717, 1.165) is 6.07 Å². The normalized spacial score (nSPS) is 13.4. The minimum absolute atomic E-state index is 0.114. The molecule has 19 heavy (non-hydrogen) atoms. The van der Waals surface area contributed by atoms with Gasteiger partial charge in [0.15, 0.2) is 0 Å². The Bertz CT molecular complexity index is 614. The summed E-state index contributed by atoms with van der Waals surface area (Å²) < 4.78 is 13.6. The number of nitrogens with two attached hydrogens (primary N) is 1. The van der Waals surface area contributed by atoms with Gasteiger partial charge >= 0.3 is 6.03 Å². The molecule has 1 aromatic rings. The molecule has 0 saturated carbocycles. The standard InChI is InChI=1S/C11H8FN3O4/c12-6-3-1-2-5-8(6)15(10(18)9(5)17)4-7(16)14-11(13)19/h1-3H,4H2,(H3,13,14,16,19). The first kappa shape index (κ1) is 12.7. The molecule has 0 aromatic heterocycles. The Kier molecular flexibility index (Phi) is 2.99. The van der Waals surface area contributed by atoms with Crippen molar-refractivity contribution >= 4 is 29.3 Å².